The molecule has 0 aliphatic carbocycles. The molecule has 0 spiro atoms. The fraction of sp³-hybridized carbons (Fsp3) is 0.0769. The van der Waals surface area contributed by atoms with Crippen molar-refractivity contribution >= 4 is 0 Å². The molecule has 0 fully saturated rings. The summed E-state index contributed by atoms with van der Waals surface area (Å²) in [6, 6.07) is 8.02. The van der Waals surface area contributed by atoms with Crippen molar-refractivity contribution in [3.8, 4) is 0 Å². The van der Waals surface area contributed by atoms with Gasteiger partial charge in [0.2, 0.25) is 0 Å². The number of halogens is 2. The van der Waals surface area contributed by atoms with E-state index in [9.17, 15) is 8.78 Å². The third-order valence-corrected chi connectivity index (χ3v) is 2.34. The summed E-state index contributed by atoms with van der Waals surface area (Å²) < 4.78 is 26.7. The van der Waals surface area contributed by atoms with E-state index in [0.29, 0.717) is 11.3 Å². The normalized spacial score (nSPS) is 10.4. The second kappa shape index (κ2) is 4.39. The van der Waals surface area contributed by atoms with Crippen LogP contribution in [0, 0.1) is 25.0 Å². The van der Waals surface area contributed by atoms with Gasteiger partial charge in [-0.2, -0.15) is 0 Å². The van der Waals surface area contributed by atoms with Crippen LogP contribution in [0.1, 0.15) is 16.8 Å². The molecular weight excluding hydrogens is 208 g/mol. The first-order chi connectivity index (χ1) is 7.68. The van der Waals surface area contributed by atoms with E-state index >= 15 is 0 Å². The summed E-state index contributed by atoms with van der Waals surface area (Å²) in [4.78, 5) is 4.05. The van der Waals surface area contributed by atoms with Gasteiger partial charge in [0.15, 0.2) is 0 Å². The van der Waals surface area contributed by atoms with Gasteiger partial charge in [0.1, 0.15) is 11.6 Å². The van der Waals surface area contributed by atoms with Gasteiger partial charge in [-0.05, 0) is 30.7 Å². The lowest BCUT2D eigenvalue weighted by molar-refractivity contribution is 0.564. The van der Waals surface area contributed by atoms with Crippen LogP contribution in [0.5, 0.6) is 0 Å². The summed E-state index contributed by atoms with van der Waals surface area (Å²) in [7, 11) is 0. The highest BCUT2D eigenvalue weighted by atomic mass is 19.1. The number of hydrogen-bond acceptors (Lipinski definition) is 1. The Bertz CT molecular complexity index is 495. The van der Waals surface area contributed by atoms with E-state index in [1.165, 1.54) is 19.1 Å². The van der Waals surface area contributed by atoms with Crippen LogP contribution in [0.2, 0.25) is 0 Å². The summed E-state index contributed by atoms with van der Waals surface area (Å²) in [5.74, 6) is -1.07. The minimum absolute atomic E-state index is 0.0321. The molecule has 1 radical (unpaired) electrons. The molecule has 0 atom stereocenters. The van der Waals surface area contributed by atoms with Crippen molar-refractivity contribution in [2.45, 2.75) is 6.92 Å². The Morgan fingerprint density at radius 2 is 1.94 bits per heavy atom. The molecule has 0 saturated heterocycles. The second-order valence-electron chi connectivity index (χ2n) is 3.47. The SMILES string of the molecule is Cc1c(F)ccc([CH]c2ccccn2)c1F. The molecule has 81 valence electrons. The number of pyridine rings is 1. The third kappa shape index (κ3) is 2.08. The molecule has 2 aromatic rings. The lowest BCUT2D eigenvalue weighted by atomic mass is 10.1. The van der Waals surface area contributed by atoms with Crippen molar-refractivity contribution in [2.24, 2.45) is 0 Å². The Hall–Kier alpha value is -1.77. The topological polar surface area (TPSA) is 12.9 Å². The lowest BCUT2D eigenvalue weighted by Gasteiger charge is -2.05. The quantitative estimate of drug-likeness (QED) is 0.753. The molecule has 3 heteroatoms. The molecule has 0 bridgehead atoms. The molecule has 0 amide bonds. The Balaban J connectivity index is 2.33. The number of rotatable bonds is 2. The van der Waals surface area contributed by atoms with Crippen molar-refractivity contribution in [3.63, 3.8) is 0 Å². The van der Waals surface area contributed by atoms with Crippen molar-refractivity contribution in [1.82, 2.24) is 4.98 Å². The summed E-state index contributed by atoms with van der Waals surface area (Å²) in [5, 5.41) is 0. The van der Waals surface area contributed by atoms with E-state index in [1.54, 1.807) is 24.8 Å². The van der Waals surface area contributed by atoms with Gasteiger partial charge < -0.3 is 0 Å². The molecule has 1 aromatic heterocycles. The Kier molecular flexibility index (Phi) is 2.95. The maximum Gasteiger partial charge on any atom is 0.132 e. The molecule has 1 heterocycles. The molecule has 0 unspecified atom stereocenters. The Labute approximate surface area is 92.8 Å². The summed E-state index contributed by atoms with van der Waals surface area (Å²) in [5.41, 5.74) is 1.02. The van der Waals surface area contributed by atoms with Crippen LogP contribution in [0.3, 0.4) is 0 Å². The van der Waals surface area contributed by atoms with Crippen LogP contribution in [0.15, 0.2) is 36.5 Å². The van der Waals surface area contributed by atoms with Crippen molar-refractivity contribution in [1.29, 1.82) is 0 Å². The van der Waals surface area contributed by atoms with Crippen LogP contribution < -0.4 is 0 Å². The zero-order valence-electron chi connectivity index (χ0n) is 8.74. The first-order valence-electron chi connectivity index (χ1n) is 4.89. The van der Waals surface area contributed by atoms with Crippen molar-refractivity contribution in [3.05, 3.63) is 71.4 Å². The fourth-order valence-electron chi connectivity index (χ4n) is 1.41. The molecule has 1 nitrogen and oxygen atoms in total. The van der Waals surface area contributed by atoms with Crippen LogP contribution in [0.4, 0.5) is 8.78 Å². The first-order valence-corrected chi connectivity index (χ1v) is 4.89. The molecule has 0 aliphatic rings. The van der Waals surface area contributed by atoms with Crippen LogP contribution in [-0.4, -0.2) is 4.98 Å². The average Bonchev–Trinajstić information content (AvgIpc) is 2.31. The number of hydrogen-bond donors (Lipinski definition) is 0. The fourth-order valence-corrected chi connectivity index (χ4v) is 1.41. The Morgan fingerprint density at radius 3 is 2.62 bits per heavy atom. The van der Waals surface area contributed by atoms with Crippen LogP contribution in [-0.2, 0) is 0 Å². The molecular formula is C13H10F2N. The number of nitrogens with zero attached hydrogens (tertiary/aromatic N) is 1. The smallest absolute Gasteiger partial charge is 0.132 e. The monoisotopic (exact) mass is 218 g/mol. The van der Waals surface area contributed by atoms with E-state index in [4.69, 9.17) is 0 Å². The van der Waals surface area contributed by atoms with Gasteiger partial charge in [0.25, 0.3) is 0 Å². The van der Waals surface area contributed by atoms with E-state index in [2.05, 4.69) is 4.98 Å². The second-order valence-corrected chi connectivity index (χ2v) is 3.47. The van der Waals surface area contributed by atoms with Gasteiger partial charge in [0.05, 0.1) is 0 Å². The summed E-state index contributed by atoms with van der Waals surface area (Å²) in [6.07, 6.45) is 3.21. The van der Waals surface area contributed by atoms with Gasteiger partial charge in [-0.25, -0.2) is 8.78 Å². The zero-order chi connectivity index (χ0) is 11.5. The highest BCUT2D eigenvalue weighted by molar-refractivity contribution is 5.37. The van der Waals surface area contributed by atoms with Gasteiger partial charge in [-0.15, -0.1) is 0 Å². The molecule has 2 rings (SSSR count). The predicted molar refractivity (Wildman–Crippen MR) is 57.8 cm³/mol. The number of aromatic nitrogens is 1. The van der Waals surface area contributed by atoms with Crippen molar-refractivity contribution < 1.29 is 8.78 Å². The molecule has 0 saturated carbocycles. The summed E-state index contributed by atoms with van der Waals surface area (Å²) in [6.45, 7) is 1.42. The van der Waals surface area contributed by atoms with Gasteiger partial charge in [0, 0.05) is 23.9 Å². The van der Waals surface area contributed by atoms with E-state index < -0.39 is 11.6 Å². The zero-order valence-corrected chi connectivity index (χ0v) is 8.74. The van der Waals surface area contributed by atoms with E-state index in [0.717, 1.165) is 0 Å². The maximum absolute atomic E-state index is 13.6. The predicted octanol–water partition coefficient (Wildman–Crippen LogP) is 3.27. The van der Waals surface area contributed by atoms with Gasteiger partial charge >= 0.3 is 0 Å². The third-order valence-electron chi connectivity index (χ3n) is 2.34. The van der Waals surface area contributed by atoms with Gasteiger partial charge in [-0.1, -0.05) is 12.1 Å². The highest BCUT2D eigenvalue weighted by Crippen LogP contribution is 2.19. The minimum Gasteiger partial charge on any atom is -0.261 e. The highest BCUT2D eigenvalue weighted by Gasteiger charge is 2.10. The largest absolute Gasteiger partial charge is 0.261 e. The van der Waals surface area contributed by atoms with Gasteiger partial charge in [-0.3, -0.25) is 4.98 Å². The van der Waals surface area contributed by atoms with Crippen LogP contribution in [0.25, 0.3) is 0 Å². The standard InChI is InChI=1S/C13H10F2N/c1-9-12(14)6-5-10(13(9)15)8-11-4-2-3-7-16-11/h2-8H,1H3. The summed E-state index contributed by atoms with van der Waals surface area (Å²) >= 11 is 0. The maximum atomic E-state index is 13.6. The molecule has 16 heavy (non-hydrogen) atoms. The molecule has 0 aliphatic heterocycles. The average molecular weight is 218 g/mol. The molecule has 0 N–H and O–H groups in total. The minimum atomic E-state index is -0.536. The molecule has 1 aromatic carbocycles. The Morgan fingerprint density at radius 1 is 1.12 bits per heavy atom. The van der Waals surface area contributed by atoms with Crippen LogP contribution >= 0.6 is 0 Å². The van der Waals surface area contributed by atoms with Crippen molar-refractivity contribution in [2.75, 3.05) is 0 Å². The van der Waals surface area contributed by atoms with E-state index in [1.807, 2.05) is 6.07 Å². The lowest BCUT2D eigenvalue weighted by Crippen LogP contribution is -1.97. The number of benzene rings is 1. The van der Waals surface area contributed by atoms with E-state index in [-0.39, 0.29) is 5.56 Å². The first kappa shape index (κ1) is 10.7.